The van der Waals surface area contributed by atoms with Crippen LogP contribution in [0.2, 0.25) is 0 Å². The molecule has 0 heterocycles. The first-order valence-corrected chi connectivity index (χ1v) is 6.21. The van der Waals surface area contributed by atoms with Crippen molar-refractivity contribution in [2.24, 2.45) is 11.7 Å². The van der Waals surface area contributed by atoms with Gasteiger partial charge in [-0.05, 0) is 42.9 Å². The molecule has 1 aromatic carbocycles. The van der Waals surface area contributed by atoms with Crippen molar-refractivity contribution in [3.05, 3.63) is 23.8 Å². The highest BCUT2D eigenvalue weighted by molar-refractivity contribution is 5.43. The van der Waals surface area contributed by atoms with Gasteiger partial charge in [0.15, 0.2) is 11.5 Å². The Bertz CT molecular complexity index is 378. The normalized spacial score (nSPS) is 23.7. The highest BCUT2D eigenvalue weighted by Crippen LogP contribution is 2.31. The molecule has 2 rings (SSSR count). The highest BCUT2D eigenvalue weighted by Gasteiger charge is 2.24. The lowest BCUT2D eigenvalue weighted by Gasteiger charge is -2.16. The summed E-state index contributed by atoms with van der Waals surface area (Å²) in [7, 11) is 3.33. The number of benzene rings is 1. The van der Waals surface area contributed by atoms with Crippen molar-refractivity contribution in [1.82, 2.24) is 0 Å². The fourth-order valence-electron chi connectivity index (χ4n) is 2.63. The molecule has 0 amide bonds. The second kappa shape index (κ2) is 5.41. The van der Waals surface area contributed by atoms with Crippen molar-refractivity contribution in [2.45, 2.75) is 31.7 Å². The van der Waals surface area contributed by atoms with Crippen LogP contribution in [0, 0.1) is 5.92 Å². The van der Waals surface area contributed by atoms with Crippen LogP contribution < -0.4 is 15.2 Å². The fourth-order valence-corrected chi connectivity index (χ4v) is 2.63. The molecule has 94 valence electrons. The van der Waals surface area contributed by atoms with Gasteiger partial charge in [0.25, 0.3) is 0 Å². The minimum atomic E-state index is 0.364. The lowest BCUT2D eigenvalue weighted by Crippen LogP contribution is -2.25. The number of ether oxygens (including phenoxy) is 2. The molecule has 1 aromatic rings. The third kappa shape index (κ3) is 2.72. The molecule has 0 radical (unpaired) electrons. The molecule has 1 saturated carbocycles. The van der Waals surface area contributed by atoms with Crippen LogP contribution >= 0.6 is 0 Å². The minimum absolute atomic E-state index is 0.364. The summed E-state index contributed by atoms with van der Waals surface area (Å²) in [6.07, 6.45) is 4.72. The molecule has 0 aliphatic heterocycles. The molecule has 0 spiro atoms. The number of methoxy groups -OCH3 is 2. The molecule has 3 heteroatoms. The molecule has 1 aliphatic carbocycles. The first-order chi connectivity index (χ1) is 8.24. The van der Waals surface area contributed by atoms with Crippen LogP contribution in [-0.4, -0.2) is 20.3 Å². The van der Waals surface area contributed by atoms with E-state index in [0.29, 0.717) is 12.0 Å². The van der Waals surface area contributed by atoms with Gasteiger partial charge in [0, 0.05) is 6.04 Å². The smallest absolute Gasteiger partial charge is 0.160 e. The van der Waals surface area contributed by atoms with Crippen molar-refractivity contribution in [1.29, 1.82) is 0 Å². The second-order valence-electron chi connectivity index (χ2n) is 4.75. The van der Waals surface area contributed by atoms with E-state index < -0.39 is 0 Å². The Morgan fingerprint density at radius 1 is 1.18 bits per heavy atom. The van der Waals surface area contributed by atoms with Gasteiger partial charge in [-0.15, -0.1) is 0 Å². The quantitative estimate of drug-likeness (QED) is 0.871. The number of hydrogen-bond acceptors (Lipinski definition) is 3. The van der Waals surface area contributed by atoms with Crippen LogP contribution in [0.5, 0.6) is 11.5 Å². The van der Waals surface area contributed by atoms with Crippen molar-refractivity contribution >= 4 is 0 Å². The van der Waals surface area contributed by atoms with Crippen molar-refractivity contribution in [2.75, 3.05) is 14.2 Å². The molecule has 0 aromatic heterocycles. The zero-order valence-corrected chi connectivity index (χ0v) is 10.6. The summed E-state index contributed by atoms with van der Waals surface area (Å²) in [4.78, 5) is 0. The Labute approximate surface area is 103 Å². The van der Waals surface area contributed by atoms with E-state index in [-0.39, 0.29) is 0 Å². The van der Waals surface area contributed by atoms with Crippen LogP contribution in [0.25, 0.3) is 0 Å². The van der Waals surface area contributed by atoms with Crippen LogP contribution in [0.4, 0.5) is 0 Å². The summed E-state index contributed by atoms with van der Waals surface area (Å²) in [5, 5.41) is 0. The molecule has 0 unspecified atom stereocenters. The molecule has 17 heavy (non-hydrogen) atoms. The van der Waals surface area contributed by atoms with Crippen molar-refractivity contribution < 1.29 is 9.47 Å². The topological polar surface area (TPSA) is 44.5 Å². The third-order valence-electron chi connectivity index (χ3n) is 3.66. The van der Waals surface area contributed by atoms with Gasteiger partial charge in [0.1, 0.15) is 0 Å². The average Bonchev–Trinajstić information content (AvgIpc) is 2.75. The second-order valence-corrected chi connectivity index (χ2v) is 4.75. The van der Waals surface area contributed by atoms with E-state index in [4.69, 9.17) is 15.2 Å². The van der Waals surface area contributed by atoms with Gasteiger partial charge in [-0.2, -0.15) is 0 Å². The van der Waals surface area contributed by atoms with E-state index >= 15 is 0 Å². The van der Waals surface area contributed by atoms with Gasteiger partial charge in [-0.3, -0.25) is 0 Å². The van der Waals surface area contributed by atoms with Crippen LogP contribution in [-0.2, 0) is 6.42 Å². The maximum absolute atomic E-state index is 6.10. The average molecular weight is 235 g/mol. The molecule has 3 nitrogen and oxygen atoms in total. The van der Waals surface area contributed by atoms with Crippen LogP contribution in [0.15, 0.2) is 18.2 Å². The monoisotopic (exact) mass is 235 g/mol. The summed E-state index contributed by atoms with van der Waals surface area (Å²) in [6.45, 7) is 0. The Hall–Kier alpha value is -1.22. The predicted octanol–water partition coefficient (Wildman–Crippen LogP) is 2.37. The van der Waals surface area contributed by atoms with Gasteiger partial charge >= 0.3 is 0 Å². The van der Waals surface area contributed by atoms with E-state index in [0.717, 1.165) is 24.3 Å². The van der Waals surface area contributed by atoms with Crippen molar-refractivity contribution in [3.63, 3.8) is 0 Å². The van der Waals surface area contributed by atoms with E-state index in [1.54, 1.807) is 14.2 Å². The third-order valence-corrected chi connectivity index (χ3v) is 3.66. The summed E-state index contributed by atoms with van der Waals surface area (Å²) >= 11 is 0. The summed E-state index contributed by atoms with van der Waals surface area (Å²) < 4.78 is 10.5. The number of nitrogens with two attached hydrogens (primary N) is 1. The van der Waals surface area contributed by atoms with E-state index in [1.807, 2.05) is 6.07 Å². The molecule has 1 fully saturated rings. The van der Waals surface area contributed by atoms with Gasteiger partial charge in [0.2, 0.25) is 0 Å². The maximum Gasteiger partial charge on any atom is 0.160 e. The van der Waals surface area contributed by atoms with Crippen LogP contribution in [0.3, 0.4) is 0 Å². The van der Waals surface area contributed by atoms with Gasteiger partial charge in [0.05, 0.1) is 14.2 Å². The number of hydrogen-bond donors (Lipinski definition) is 1. The number of rotatable bonds is 4. The Morgan fingerprint density at radius 2 is 1.94 bits per heavy atom. The molecule has 2 N–H and O–H groups in total. The van der Waals surface area contributed by atoms with Gasteiger partial charge in [-0.1, -0.05) is 12.5 Å². The summed E-state index contributed by atoms with van der Waals surface area (Å²) in [6, 6.07) is 6.49. The fraction of sp³-hybridized carbons (Fsp3) is 0.571. The first-order valence-electron chi connectivity index (χ1n) is 6.21. The molecular formula is C14H21NO2. The van der Waals surface area contributed by atoms with E-state index in [1.165, 1.54) is 18.4 Å². The standard InChI is InChI=1S/C14H21NO2/c1-16-13-7-6-10(9-14(13)17-2)8-11-4-3-5-12(11)15/h6-7,9,11-12H,3-5,8,15H2,1-2H3/t11-,12-/m0/s1. The maximum atomic E-state index is 6.10. The minimum Gasteiger partial charge on any atom is -0.493 e. The Morgan fingerprint density at radius 3 is 2.53 bits per heavy atom. The zero-order valence-electron chi connectivity index (χ0n) is 10.6. The Balaban J connectivity index is 2.10. The summed E-state index contributed by atoms with van der Waals surface area (Å²) in [5.41, 5.74) is 7.38. The highest BCUT2D eigenvalue weighted by atomic mass is 16.5. The molecule has 0 bridgehead atoms. The SMILES string of the molecule is COc1ccc(C[C@@H]2CCC[C@@H]2N)cc1OC. The zero-order chi connectivity index (χ0) is 12.3. The van der Waals surface area contributed by atoms with E-state index in [9.17, 15) is 0 Å². The van der Waals surface area contributed by atoms with Gasteiger partial charge < -0.3 is 15.2 Å². The predicted molar refractivity (Wildman–Crippen MR) is 68.6 cm³/mol. The molecule has 2 atom stereocenters. The molecular weight excluding hydrogens is 214 g/mol. The molecule has 1 aliphatic rings. The first kappa shape index (κ1) is 12.2. The Kier molecular flexibility index (Phi) is 3.89. The van der Waals surface area contributed by atoms with Crippen molar-refractivity contribution in [3.8, 4) is 11.5 Å². The lowest BCUT2D eigenvalue weighted by atomic mass is 9.95. The van der Waals surface area contributed by atoms with Crippen LogP contribution in [0.1, 0.15) is 24.8 Å². The summed E-state index contributed by atoms with van der Waals surface area (Å²) in [5.74, 6) is 2.21. The van der Waals surface area contributed by atoms with E-state index in [2.05, 4.69) is 12.1 Å². The van der Waals surface area contributed by atoms with Gasteiger partial charge in [-0.25, -0.2) is 0 Å². The molecule has 0 saturated heterocycles. The lowest BCUT2D eigenvalue weighted by molar-refractivity contribution is 0.354. The largest absolute Gasteiger partial charge is 0.493 e.